The summed E-state index contributed by atoms with van der Waals surface area (Å²) in [6.45, 7) is 10.1. The number of anilines is 1. The van der Waals surface area contributed by atoms with Gasteiger partial charge in [0.15, 0.2) is 0 Å². The third kappa shape index (κ3) is 16.2. The zero-order chi connectivity index (χ0) is 29.0. The Morgan fingerprint density at radius 2 is 1.68 bits per heavy atom. The summed E-state index contributed by atoms with van der Waals surface area (Å²) in [5, 5.41) is 5.38. The molecule has 4 N–H and O–H groups in total. The van der Waals surface area contributed by atoms with Gasteiger partial charge in [0.25, 0.3) is 12.3 Å². The standard InChI is InChI=1S/C23H33N3O9.C2H7N/c1-5-7-21(30)26(16-27)35-22(31)33-13-17-8-10-18(11-9-17)25-19(28)12-24-20(29)14-34-23(3,4)15-32-6-2;1-2-3/h8-11,16H,5-7,12-15H2,1-4H3,(H,24,29)(H,25,28);2-3H2,1H3. The lowest BCUT2D eigenvalue weighted by Crippen LogP contribution is -2.39. The lowest BCUT2D eigenvalue weighted by molar-refractivity contribution is -0.176. The molecule has 0 saturated carbocycles. The van der Waals surface area contributed by atoms with Crippen LogP contribution in [0, 0.1) is 0 Å². The van der Waals surface area contributed by atoms with Crippen LogP contribution in [0.1, 0.15) is 53.0 Å². The van der Waals surface area contributed by atoms with Crippen LogP contribution in [0.3, 0.4) is 0 Å². The predicted octanol–water partition coefficient (Wildman–Crippen LogP) is 1.89. The monoisotopic (exact) mass is 540 g/mol. The van der Waals surface area contributed by atoms with Gasteiger partial charge in [-0.25, -0.2) is 4.79 Å². The van der Waals surface area contributed by atoms with Crippen LogP contribution in [0.5, 0.6) is 0 Å². The molecule has 1 aromatic carbocycles. The molecule has 0 spiro atoms. The Morgan fingerprint density at radius 3 is 2.24 bits per heavy atom. The van der Waals surface area contributed by atoms with Crippen molar-refractivity contribution >= 4 is 36.0 Å². The molecule has 0 unspecified atom stereocenters. The average Bonchev–Trinajstić information content (AvgIpc) is 2.88. The second-order valence-corrected chi connectivity index (χ2v) is 8.32. The number of nitrogens with one attached hydrogen (secondary N) is 2. The molecular weight excluding hydrogens is 500 g/mol. The van der Waals surface area contributed by atoms with Crippen molar-refractivity contribution in [2.75, 3.05) is 38.2 Å². The van der Waals surface area contributed by atoms with E-state index in [1.807, 2.05) is 13.8 Å². The first-order chi connectivity index (χ1) is 18.0. The second-order valence-electron chi connectivity index (χ2n) is 8.32. The number of nitrogens with zero attached hydrogens (tertiary/aromatic N) is 1. The summed E-state index contributed by atoms with van der Waals surface area (Å²) >= 11 is 0. The third-order valence-electron chi connectivity index (χ3n) is 4.27. The molecule has 38 heavy (non-hydrogen) atoms. The molecule has 0 atom stereocenters. The van der Waals surface area contributed by atoms with Gasteiger partial charge in [-0.3, -0.25) is 24.0 Å². The Balaban J connectivity index is 0.00000434. The van der Waals surface area contributed by atoms with Crippen LogP contribution in [0.2, 0.25) is 0 Å². The number of benzene rings is 1. The zero-order valence-corrected chi connectivity index (χ0v) is 22.7. The van der Waals surface area contributed by atoms with Crippen LogP contribution in [0.15, 0.2) is 24.3 Å². The summed E-state index contributed by atoms with van der Waals surface area (Å²) in [5.74, 6) is -1.53. The molecule has 0 aromatic heterocycles. The first-order valence-corrected chi connectivity index (χ1v) is 12.2. The van der Waals surface area contributed by atoms with Gasteiger partial charge in [0.05, 0.1) is 18.8 Å². The Bertz CT molecular complexity index is 876. The lowest BCUT2D eigenvalue weighted by Gasteiger charge is -2.24. The fraction of sp³-hybridized carbons (Fsp3) is 0.560. The van der Waals surface area contributed by atoms with Gasteiger partial charge in [-0.1, -0.05) is 26.0 Å². The number of amides is 4. The van der Waals surface area contributed by atoms with Gasteiger partial charge in [0, 0.05) is 18.7 Å². The van der Waals surface area contributed by atoms with Crippen molar-refractivity contribution in [1.29, 1.82) is 0 Å². The van der Waals surface area contributed by atoms with Crippen molar-refractivity contribution < 1.29 is 43.0 Å². The van der Waals surface area contributed by atoms with E-state index >= 15 is 0 Å². The molecule has 0 radical (unpaired) electrons. The van der Waals surface area contributed by atoms with Crippen LogP contribution in [0.25, 0.3) is 0 Å². The highest BCUT2D eigenvalue weighted by atomic mass is 16.8. The van der Waals surface area contributed by atoms with Crippen molar-refractivity contribution in [1.82, 2.24) is 10.4 Å². The van der Waals surface area contributed by atoms with Crippen molar-refractivity contribution in [3.8, 4) is 0 Å². The van der Waals surface area contributed by atoms with Gasteiger partial charge in [-0.15, -0.1) is 5.06 Å². The molecule has 0 aliphatic rings. The molecule has 0 bridgehead atoms. The predicted molar refractivity (Wildman–Crippen MR) is 138 cm³/mol. The van der Waals surface area contributed by atoms with E-state index in [-0.39, 0.29) is 37.7 Å². The largest absolute Gasteiger partial charge is 0.534 e. The Morgan fingerprint density at radius 1 is 1.05 bits per heavy atom. The van der Waals surface area contributed by atoms with Gasteiger partial charge in [-0.05, 0) is 51.4 Å². The van der Waals surface area contributed by atoms with Crippen molar-refractivity contribution in [2.24, 2.45) is 5.73 Å². The summed E-state index contributed by atoms with van der Waals surface area (Å²) in [7, 11) is 0. The minimum Gasteiger partial charge on any atom is -0.428 e. The number of hydrogen-bond donors (Lipinski definition) is 3. The zero-order valence-electron chi connectivity index (χ0n) is 22.7. The van der Waals surface area contributed by atoms with E-state index in [1.54, 1.807) is 45.0 Å². The van der Waals surface area contributed by atoms with E-state index in [2.05, 4.69) is 15.5 Å². The van der Waals surface area contributed by atoms with E-state index in [0.717, 1.165) is 6.54 Å². The number of nitrogens with two attached hydrogens (primary N) is 1. The average molecular weight is 541 g/mol. The molecule has 1 aromatic rings. The SMILES string of the molecule is CCCC(=O)N(C=O)OC(=O)OCc1ccc(NC(=O)CNC(=O)COC(C)(C)COCC)cc1.CCN. The van der Waals surface area contributed by atoms with E-state index in [9.17, 15) is 24.0 Å². The number of carbonyl (C=O) groups is 5. The normalized spacial score (nSPS) is 10.4. The minimum absolute atomic E-state index is 0.0450. The molecule has 4 amide bonds. The smallest absolute Gasteiger partial charge is 0.428 e. The van der Waals surface area contributed by atoms with Crippen molar-refractivity contribution in [2.45, 2.75) is 59.7 Å². The maximum absolute atomic E-state index is 12.1. The summed E-state index contributed by atoms with van der Waals surface area (Å²) in [4.78, 5) is 62.6. The van der Waals surface area contributed by atoms with Gasteiger partial charge >= 0.3 is 6.16 Å². The van der Waals surface area contributed by atoms with Crippen LogP contribution >= 0.6 is 0 Å². The number of rotatable bonds is 14. The first-order valence-electron chi connectivity index (χ1n) is 12.2. The molecule has 0 fully saturated rings. The summed E-state index contributed by atoms with van der Waals surface area (Å²) < 4.78 is 15.7. The van der Waals surface area contributed by atoms with Gasteiger partial charge in [0.1, 0.15) is 13.2 Å². The number of hydroxylamine groups is 2. The number of hydrogen-bond acceptors (Lipinski definition) is 10. The Kier molecular flexibility index (Phi) is 17.7. The Labute approximate surface area is 223 Å². The van der Waals surface area contributed by atoms with Crippen LogP contribution in [-0.2, 0) is 44.8 Å². The van der Waals surface area contributed by atoms with Crippen molar-refractivity contribution in [3.63, 3.8) is 0 Å². The fourth-order valence-corrected chi connectivity index (χ4v) is 2.47. The van der Waals surface area contributed by atoms with Gasteiger partial charge < -0.3 is 30.6 Å². The van der Waals surface area contributed by atoms with E-state index in [0.29, 0.717) is 30.9 Å². The van der Waals surface area contributed by atoms with Crippen LogP contribution in [0.4, 0.5) is 10.5 Å². The maximum atomic E-state index is 12.1. The molecule has 1 rings (SSSR count). The van der Waals surface area contributed by atoms with Crippen LogP contribution in [-0.4, -0.2) is 73.9 Å². The van der Waals surface area contributed by atoms with Crippen LogP contribution < -0.4 is 16.4 Å². The molecular formula is C25H40N4O9. The highest BCUT2D eigenvalue weighted by Gasteiger charge is 2.20. The van der Waals surface area contributed by atoms with Gasteiger partial charge in [-0.2, -0.15) is 0 Å². The topological polar surface area (TPSA) is 176 Å². The van der Waals surface area contributed by atoms with Gasteiger partial charge in [0.2, 0.25) is 11.8 Å². The Hall–Kier alpha value is -3.55. The van der Waals surface area contributed by atoms with E-state index in [4.69, 9.17) is 19.9 Å². The molecule has 0 heterocycles. The summed E-state index contributed by atoms with van der Waals surface area (Å²) in [6, 6.07) is 6.34. The molecule has 214 valence electrons. The molecule has 13 heteroatoms. The molecule has 0 saturated heterocycles. The third-order valence-corrected chi connectivity index (χ3v) is 4.27. The number of carbonyl (C=O) groups excluding carboxylic acids is 5. The molecule has 0 aliphatic carbocycles. The highest BCUT2D eigenvalue weighted by molar-refractivity contribution is 5.94. The first kappa shape index (κ1) is 34.5. The molecule has 0 aliphatic heterocycles. The summed E-state index contributed by atoms with van der Waals surface area (Å²) in [5.41, 5.74) is 5.25. The fourth-order valence-electron chi connectivity index (χ4n) is 2.47. The van der Waals surface area contributed by atoms with E-state index < -0.39 is 29.5 Å². The number of ether oxygens (including phenoxy) is 3. The maximum Gasteiger partial charge on any atom is 0.534 e. The quantitative estimate of drug-likeness (QED) is 0.179. The summed E-state index contributed by atoms with van der Waals surface area (Å²) in [6.07, 6.45) is -0.586. The van der Waals surface area contributed by atoms with E-state index in [1.165, 1.54) is 0 Å². The highest BCUT2D eigenvalue weighted by Crippen LogP contribution is 2.11. The minimum atomic E-state index is -1.21. The van der Waals surface area contributed by atoms with Crippen molar-refractivity contribution in [3.05, 3.63) is 29.8 Å². The lowest BCUT2D eigenvalue weighted by atomic mass is 10.1. The molecule has 13 nitrogen and oxygen atoms in total. The second kappa shape index (κ2) is 19.5. The number of imide groups is 1.